The second kappa shape index (κ2) is 14.0. The molecular weight excluding hydrogens is 643 g/mol. The molecule has 2 heterocycles. The van der Waals surface area contributed by atoms with Crippen LogP contribution in [-0.4, -0.2) is 24.3 Å². The number of carbonyl (C=O) groups is 1. The van der Waals surface area contributed by atoms with Crippen LogP contribution in [0.4, 0.5) is 0 Å². The molecule has 0 radical (unpaired) electrons. The van der Waals surface area contributed by atoms with Gasteiger partial charge >= 0.3 is 5.97 Å². The third-order valence-electron chi connectivity index (χ3n) is 6.95. The van der Waals surface area contributed by atoms with Crippen LogP contribution < -0.4 is 24.4 Å². The molecule has 0 saturated carbocycles. The zero-order valence-corrected chi connectivity index (χ0v) is 27.3. The summed E-state index contributed by atoms with van der Waals surface area (Å²) in [7, 11) is 1.54. The molecule has 0 aliphatic carbocycles. The van der Waals surface area contributed by atoms with E-state index in [4.69, 9.17) is 54.0 Å². The summed E-state index contributed by atoms with van der Waals surface area (Å²) in [4.78, 5) is 32.7. The lowest BCUT2D eigenvalue weighted by Gasteiger charge is -2.27. The molecule has 4 aromatic rings. The first kappa shape index (κ1) is 31.9. The molecule has 1 atom stereocenters. The number of halogens is 3. The fourth-order valence-corrected chi connectivity index (χ4v) is 6.46. The minimum Gasteiger partial charge on any atom is -0.496 e. The summed E-state index contributed by atoms with van der Waals surface area (Å²) in [5.74, 6) is 0.619. The minimum atomic E-state index is -0.834. The highest BCUT2D eigenvalue weighted by Crippen LogP contribution is 2.38. The van der Waals surface area contributed by atoms with E-state index in [0.717, 1.165) is 17.5 Å². The zero-order valence-electron chi connectivity index (χ0n) is 24.2. The zero-order chi connectivity index (χ0) is 31.4. The molecule has 0 N–H and O–H groups in total. The summed E-state index contributed by atoms with van der Waals surface area (Å²) in [5.41, 5.74) is 2.85. The average Bonchev–Trinajstić information content (AvgIpc) is 3.32. The molecule has 1 aliphatic rings. The van der Waals surface area contributed by atoms with Crippen molar-refractivity contribution in [3.8, 4) is 11.5 Å². The van der Waals surface area contributed by atoms with E-state index in [9.17, 15) is 9.59 Å². The maximum atomic E-state index is 14.0. The average molecular weight is 672 g/mol. The SMILES string of the molecule is CCCC1=C(C(=O)OCC)[C@@H](c2cc(Cl)ccc2OC)n2c(s/c(=C/c3ccc(OCc4ccc(Cl)c(Cl)c4)cc3)c2=O)=N1. The highest BCUT2D eigenvalue weighted by Gasteiger charge is 2.36. The topological polar surface area (TPSA) is 79.1 Å². The van der Waals surface area contributed by atoms with E-state index < -0.39 is 12.0 Å². The van der Waals surface area contributed by atoms with Gasteiger partial charge in [0, 0.05) is 10.6 Å². The molecule has 11 heteroatoms. The molecule has 1 aromatic heterocycles. The molecule has 0 saturated heterocycles. The molecule has 7 nitrogen and oxygen atoms in total. The van der Waals surface area contributed by atoms with E-state index in [1.54, 1.807) is 43.3 Å². The second-order valence-electron chi connectivity index (χ2n) is 9.91. The summed E-state index contributed by atoms with van der Waals surface area (Å²) >= 11 is 19.8. The molecule has 1 aliphatic heterocycles. The summed E-state index contributed by atoms with van der Waals surface area (Å²) in [6.07, 6.45) is 3.07. The molecule has 5 rings (SSSR count). The number of esters is 1. The Kier molecular flexibility index (Phi) is 10.2. The first-order chi connectivity index (χ1) is 21.2. The van der Waals surface area contributed by atoms with Gasteiger partial charge in [0.25, 0.3) is 5.56 Å². The Morgan fingerprint density at radius 1 is 1.02 bits per heavy atom. The summed E-state index contributed by atoms with van der Waals surface area (Å²) in [5, 5.41) is 1.40. The largest absolute Gasteiger partial charge is 0.496 e. The van der Waals surface area contributed by atoms with Gasteiger partial charge in [-0.05, 0) is 73.0 Å². The Balaban J connectivity index is 1.56. The molecule has 0 bridgehead atoms. The Morgan fingerprint density at radius 2 is 1.80 bits per heavy atom. The molecular formula is C33H29Cl3N2O5S. The van der Waals surface area contributed by atoms with Gasteiger partial charge in [0.2, 0.25) is 0 Å². The number of nitrogens with zero attached hydrogens (tertiary/aromatic N) is 2. The highest BCUT2D eigenvalue weighted by molar-refractivity contribution is 7.07. The number of thiazole rings is 1. The Morgan fingerprint density at radius 3 is 2.48 bits per heavy atom. The van der Waals surface area contributed by atoms with E-state index >= 15 is 0 Å². The van der Waals surface area contributed by atoms with Crippen LogP contribution in [0, 0.1) is 0 Å². The van der Waals surface area contributed by atoms with Crippen molar-refractivity contribution in [2.75, 3.05) is 13.7 Å². The van der Waals surface area contributed by atoms with Crippen molar-refractivity contribution in [1.29, 1.82) is 0 Å². The van der Waals surface area contributed by atoms with E-state index in [1.165, 1.54) is 23.0 Å². The third-order valence-corrected chi connectivity index (χ3v) is 8.90. The van der Waals surface area contributed by atoms with Crippen LogP contribution in [0.2, 0.25) is 15.1 Å². The van der Waals surface area contributed by atoms with Gasteiger partial charge in [-0.1, -0.05) is 77.7 Å². The third kappa shape index (κ3) is 6.74. The van der Waals surface area contributed by atoms with Gasteiger partial charge in [0.05, 0.1) is 39.6 Å². The second-order valence-corrected chi connectivity index (χ2v) is 12.2. The van der Waals surface area contributed by atoms with Gasteiger partial charge in [-0.15, -0.1) is 0 Å². The lowest BCUT2D eigenvalue weighted by atomic mass is 9.93. The van der Waals surface area contributed by atoms with E-state index in [-0.39, 0.29) is 12.2 Å². The van der Waals surface area contributed by atoms with Gasteiger partial charge in [0.1, 0.15) is 24.1 Å². The predicted octanol–water partition coefficient (Wildman–Crippen LogP) is 7.13. The van der Waals surface area contributed by atoms with Gasteiger partial charge < -0.3 is 14.2 Å². The molecule has 0 spiro atoms. The molecule has 228 valence electrons. The quantitative estimate of drug-likeness (QED) is 0.168. The van der Waals surface area contributed by atoms with Crippen LogP contribution in [0.1, 0.15) is 49.4 Å². The first-order valence-corrected chi connectivity index (χ1v) is 15.9. The first-order valence-electron chi connectivity index (χ1n) is 14.0. The summed E-state index contributed by atoms with van der Waals surface area (Å²) < 4.78 is 19.0. The van der Waals surface area contributed by atoms with Crippen LogP contribution >= 0.6 is 46.1 Å². The van der Waals surface area contributed by atoms with Crippen LogP contribution in [0.25, 0.3) is 6.08 Å². The minimum absolute atomic E-state index is 0.179. The molecule has 0 amide bonds. The number of methoxy groups -OCH3 is 1. The van der Waals surface area contributed by atoms with Gasteiger partial charge in [0.15, 0.2) is 4.80 Å². The maximum absolute atomic E-state index is 14.0. The molecule has 0 unspecified atom stereocenters. The van der Waals surface area contributed by atoms with E-state index in [0.29, 0.717) is 65.8 Å². The predicted molar refractivity (Wildman–Crippen MR) is 175 cm³/mol. The van der Waals surface area contributed by atoms with E-state index in [2.05, 4.69) is 0 Å². The van der Waals surface area contributed by atoms with Crippen LogP contribution in [-0.2, 0) is 16.1 Å². The van der Waals surface area contributed by atoms with Crippen molar-refractivity contribution < 1.29 is 19.0 Å². The molecule has 0 fully saturated rings. The monoisotopic (exact) mass is 670 g/mol. The van der Waals surface area contributed by atoms with Crippen molar-refractivity contribution >= 4 is 58.2 Å². The number of carbonyl (C=O) groups excluding carboxylic acids is 1. The van der Waals surface area contributed by atoms with E-state index in [1.807, 2.05) is 37.3 Å². The normalized spacial score (nSPS) is 14.7. The number of allylic oxidation sites excluding steroid dienone is 1. The Bertz CT molecular complexity index is 1910. The fourth-order valence-electron chi connectivity index (χ4n) is 4.94. The summed E-state index contributed by atoms with van der Waals surface area (Å²) in [6, 6.07) is 17.1. The highest BCUT2D eigenvalue weighted by atomic mass is 35.5. The Hall–Kier alpha value is -3.56. The van der Waals surface area contributed by atoms with Gasteiger partial charge in [-0.2, -0.15) is 0 Å². The standard InChI is InChI=1S/C33H29Cl3N2O5S/c1-4-6-26-29(32(40)42-5-2)30(23-17-21(34)10-14-27(23)41-3)38-31(39)28(44-33(38)37-26)16-19-7-11-22(12-8-19)43-18-20-9-13-24(35)25(36)15-20/h7-17,30H,4-6,18H2,1-3H3/b28-16+/t30-/m1/s1. The van der Waals surface area contributed by atoms with Crippen molar-refractivity contribution in [1.82, 2.24) is 4.57 Å². The Labute approximate surface area is 273 Å². The van der Waals surface area contributed by atoms with Crippen molar-refractivity contribution in [3.05, 3.63) is 123 Å². The van der Waals surface area contributed by atoms with Crippen LogP contribution in [0.15, 0.2) is 81.7 Å². The number of fused-ring (bicyclic) bond motifs is 1. The molecule has 44 heavy (non-hydrogen) atoms. The smallest absolute Gasteiger partial charge is 0.338 e. The lowest BCUT2D eigenvalue weighted by molar-refractivity contribution is -0.139. The van der Waals surface area contributed by atoms with Gasteiger partial charge in [-0.3, -0.25) is 9.36 Å². The number of aromatic nitrogens is 1. The maximum Gasteiger partial charge on any atom is 0.338 e. The van der Waals surface area contributed by atoms with Gasteiger partial charge in [-0.25, -0.2) is 9.79 Å². The van der Waals surface area contributed by atoms with Crippen molar-refractivity contribution in [2.24, 2.45) is 4.99 Å². The fraction of sp³-hybridized carbons (Fsp3) is 0.242. The molecule has 3 aromatic carbocycles. The summed E-state index contributed by atoms with van der Waals surface area (Å²) in [6.45, 7) is 4.25. The number of hydrogen-bond acceptors (Lipinski definition) is 7. The number of benzene rings is 3. The number of ether oxygens (including phenoxy) is 3. The number of rotatable bonds is 10. The van der Waals surface area contributed by atoms with Crippen LogP contribution in [0.5, 0.6) is 11.5 Å². The van der Waals surface area contributed by atoms with Crippen LogP contribution in [0.3, 0.4) is 0 Å². The van der Waals surface area contributed by atoms with Crippen molar-refractivity contribution in [3.63, 3.8) is 0 Å². The van der Waals surface area contributed by atoms with Crippen molar-refractivity contribution in [2.45, 2.75) is 39.3 Å². The lowest BCUT2D eigenvalue weighted by Crippen LogP contribution is -2.40. The number of hydrogen-bond donors (Lipinski definition) is 0.